The molecule has 1 aromatic carbocycles. The molecule has 1 aliphatic rings. The van der Waals surface area contributed by atoms with E-state index in [9.17, 15) is 14.9 Å². The monoisotopic (exact) mass is 344 g/mol. The molecule has 0 aliphatic carbocycles. The molecule has 0 radical (unpaired) electrons. The Hall–Kier alpha value is -1.90. The molecule has 1 aromatic rings. The number of methoxy groups -OCH3 is 1. The van der Waals surface area contributed by atoms with Gasteiger partial charge in [-0.25, -0.2) is 0 Å². The summed E-state index contributed by atoms with van der Waals surface area (Å²) in [6.07, 6.45) is 1.01. The van der Waals surface area contributed by atoms with Crippen LogP contribution < -0.4 is 15.4 Å². The lowest BCUT2D eigenvalue weighted by Gasteiger charge is -2.19. The van der Waals surface area contributed by atoms with Crippen molar-refractivity contribution in [1.82, 2.24) is 10.2 Å². The molecule has 2 N–H and O–H groups in total. The minimum absolute atomic E-state index is 0. The normalized spacial score (nSPS) is 15.2. The number of non-ortho nitro benzene ring substituents is 1. The van der Waals surface area contributed by atoms with E-state index in [0.717, 1.165) is 32.6 Å². The summed E-state index contributed by atoms with van der Waals surface area (Å²) in [5, 5.41) is 16.8. The fraction of sp³-hybridized carbons (Fsp3) is 0.500. The largest absolute Gasteiger partial charge is 0.494 e. The van der Waals surface area contributed by atoms with Gasteiger partial charge < -0.3 is 15.4 Å². The second kappa shape index (κ2) is 9.29. The summed E-state index contributed by atoms with van der Waals surface area (Å²) in [7, 11) is 1.41. The smallest absolute Gasteiger partial charge is 0.273 e. The van der Waals surface area contributed by atoms with Gasteiger partial charge in [0.15, 0.2) is 0 Å². The van der Waals surface area contributed by atoms with E-state index in [1.807, 2.05) is 0 Å². The zero-order chi connectivity index (χ0) is 15.9. The number of hydrogen-bond acceptors (Lipinski definition) is 6. The van der Waals surface area contributed by atoms with Crippen LogP contribution in [0.5, 0.6) is 5.75 Å². The standard InChI is InChI=1S/C14H20N4O4.ClH/c1-22-13-9-11(18(20)21)3-4-12(13)16-14(19)10-17-7-2-5-15-6-8-17;/h3-4,9,15H,2,5-8,10H2,1H3,(H,16,19);1H. The molecule has 0 aromatic heterocycles. The van der Waals surface area contributed by atoms with E-state index < -0.39 is 4.92 Å². The summed E-state index contributed by atoms with van der Waals surface area (Å²) in [4.78, 5) is 24.4. The molecule has 1 fully saturated rings. The van der Waals surface area contributed by atoms with Crippen LogP contribution in [-0.2, 0) is 4.79 Å². The molecule has 1 heterocycles. The molecule has 0 atom stereocenters. The lowest BCUT2D eigenvalue weighted by atomic mass is 10.2. The molecule has 1 saturated heterocycles. The highest BCUT2D eigenvalue weighted by atomic mass is 35.5. The van der Waals surface area contributed by atoms with Crippen LogP contribution >= 0.6 is 12.4 Å². The van der Waals surface area contributed by atoms with Crippen LogP contribution in [0.4, 0.5) is 11.4 Å². The van der Waals surface area contributed by atoms with Crippen molar-refractivity contribution in [3.63, 3.8) is 0 Å². The number of rotatable bonds is 5. The Bertz CT molecular complexity index is 548. The maximum Gasteiger partial charge on any atom is 0.273 e. The molecule has 2 rings (SSSR count). The molecule has 23 heavy (non-hydrogen) atoms. The van der Waals surface area contributed by atoms with E-state index in [1.54, 1.807) is 0 Å². The molecular weight excluding hydrogens is 324 g/mol. The summed E-state index contributed by atoms with van der Waals surface area (Å²) in [6, 6.07) is 4.12. The van der Waals surface area contributed by atoms with Crippen molar-refractivity contribution in [2.45, 2.75) is 6.42 Å². The number of amides is 1. The lowest BCUT2D eigenvalue weighted by Crippen LogP contribution is -2.35. The van der Waals surface area contributed by atoms with Crippen molar-refractivity contribution in [2.75, 3.05) is 45.2 Å². The lowest BCUT2D eigenvalue weighted by molar-refractivity contribution is -0.384. The first-order valence-electron chi connectivity index (χ1n) is 7.15. The molecular formula is C14H21ClN4O4. The Labute approximate surface area is 140 Å². The van der Waals surface area contributed by atoms with Crippen LogP contribution in [0, 0.1) is 10.1 Å². The van der Waals surface area contributed by atoms with Gasteiger partial charge in [-0.15, -0.1) is 12.4 Å². The van der Waals surface area contributed by atoms with Gasteiger partial charge in [0, 0.05) is 19.2 Å². The first kappa shape index (κ1) is 19.1. The maximum atomic E-state index is 12.1. The summed E-state index contributed by atoms with van der Waals surface area (Å²) in [6.45, 7) is 3.83. The van der Waals surface area contributed by atoms with Gasteiger partial charge in [-0.3, -0.25) is 19.8 Å². The Morgan fingerprint density at radius 2 is 2.22 bits per heavy atom. The van der Waals surface area contributed by atoms with Gasteiger partial charge in [-0.2, -0.15) is 0 Å². The van der Waals surface area contributed by atoms with Crippen molar-refractivity contribution < 1.29 is 14.5 Å². The fourth-order valence-corrected chi connectivity index (χ4v) is 2.35. The van der Waals surface area contributed by atoms with Crippen LogP contribution in [0.25, 0.3) is 0 Å². The average molecular weight is 345 g/mol. The molecule has 1 amide bonds. The molecule has 128 valence electrons. The Morgan fingerprint density at radius 3 is 2.91 bits per heavy atom. The van der Waals surface area contributed by atoms with Crippen molar-refractivity contribution in [2.24, 2.45) is 0 Å². The number of nitrogens with one attached hydrogen (secondary N) is 2. The topological polar surface area (TPSA) is 96.7 Å². The van der Waals surface area contributed by atoms with E-state index in [4.69, 9.17) is 4.74 Å². The molecule has 8 nitrogen and oxygen atoms in total. The van der Waals surface area contributed by atoms with Gasteiger partial charge in [0.2, 0.25) is 5.91 Å². The molecule has 9 heteroatoms. The SMILES string of the molecule is COc1cc([N+](=O)[O-])ccc1NC(=O)CN1CCCNCC1.Cl. The second-order valence-electron chi connectivity index (χ2n) is 5.07. The van der Waals surface area contributed by atoms with E-state index in [1.165, 1.54) is 25.3 Å². The highest BCUT2D eigenvalue weighted by molar-refractivity contribution is 5.93. The molecule has 0 saturated carbocycles. The van der Waals surface area contributed by atoms with Crippen LogP contribution in [0.3, 0.4) is 0 Å². The van der Waals surface area contributed by atoms with Crippen LogP contribution in [0.15, 0.2) is 18.2 Å². The van der Waals surface area contributed by atoms with Gasteiger partial charge in [-0.1, -0.05) is 0 Å². The number of benzene rings is 1. The Kier molecular flexibility index (Phi) is 7.73. The van der Waals surface area contributed by atoms with Crippen molar-refractivity contribution in [1.29, 1.82) is 0 Å². The van der Waals surface area contributed by atoms with E-state index in [-0.39, 0.29) is 29.8 Å². The van der Waals surface area contributed by atoms with Crippen LogP contribution in [-0.4, -0.2) is 55.6 Å². The molecule has 1 aliphatic heterocycles. The van der Waals surface area contributed by atoms with Gasteiger partial charge in [0.1, 0.15) is 5.75 Å². The summed E-state index contributed by atoms with van der Waals surface area (Å²) < 4.78 is 5.10. The average Bonchev–Trinajstić information content (AvgIpc) is 2.76. The first-order chi connectivity index (χ1) is 10.6. The van der Waals surface area contributed by atoms with E-state index >= 15 is 0 Å². The minimum atomic E-state index is -0.502. The van der Waals surface area contributed by atoms with Crippen LogP contribution in [0.2, 0.25) is 0 Å². The predicted molar refractivity (Wildman–Crippen MR) is 89.5 cm³/mol. The van der Waals surface area contributed by atoms with Crippen molar-refractivity contribution in [3.05, 3.63) is 28.3 Å². The third-order valence-electron chi connectivity index (χ3n) is 3.47. The van der Waals surface area contributed by atoms with Crippen molar-refractivity contribution >= 4 is 29.7 Å². The number of carbonyl (C=O) groups is 1. The Morgan fingerprint density at radius 1 is 1.43 bits per heavy atom. The van der Waals surface area contributed by atoms with Crippen LogP contribution in [0.1, 0.15) is 6.42 Å². The van der Waals surface area contributed by atoms with Gasteiger partial charge >= 0.3 is 0 Å². The Balaban J connectivity index is 0.00000264. The minimum Gasteiger partial charge on any atom is -0.494 e. The third kappa shape index (κ3) is 5.66. The maximum absolute atomic E-state index is 12.1. The zero-order valence-electron chi connectivity index (χ0n) is 12.9. The molecule has 0 spiro atoms. The number of ether oxygens (including phenoxy) is 1. The number of anilines is 1. The zero-order valence-corrected chi connectivity index (χ0v) is 13.7. The van der Waals surface area contributed by atoms with Gasteiger partial charge in [-0.05, 0) is 25.6 Å². The first-order valence-corrected chi connectivity index (χ1v) is 7.15. The number of nitro benzene ring substituents is 1. The number of nitro groups is 1. The van der Waals surface area contributed by atoms with Gasteiger partial charge in [0.25, 0.3) is 5.69 Å². The molecule has 0 unspecified atom stereocenters. The van der Waals surface area contributed by atoms with E-state index in [0.29, 0.717) is 12.2 Å². The summed E-state index contributed by atoms with van der Waals surface area (Å²) in [5.41, 5.74) is 0.361. The predicted octanol–water partition coefficient (Wildman–Crippen LogP) is 1.26. The van der Waals surface area contributed by atoms with Crippen molar-refractivity contribution in [3.8, 4) is 5.75 Å². The highest BCUT2D eigenvalue weighted by Gasteiger charge is 2.16. The second-order valence-corrected chi connectivity index (χ2v) is 5.07. The summed E-state index contributed by atoms with van der Waals surface area (Å²) >= 11 is 0. The fourth-order valence-electron chi connectivity index (χ4n) is 2.35. The number of nitrogens with zero attached hydrogens (tertiary/aromatic N) is 2. The number of hydrogen-bond donors (Lipinski definition) is 2. The molecule has 0 bridgehead atoms. The highest BCUT2D eigenvalue weighted by Crippen LogP contribution is 2.28. The number of carbonyl (C=O) groups excluding carboxylic acids is 1. The van der Waals surface area contributed by atoms with Gasteiger partial charge in [0.05, 0.1) is 30.3 Å². The summed E-state index contributed by atoms with van der Waals surface area (Å²) in [5.74, 6) is 0.120. The quantitative estimate of drug-likeness (QED) is 0.616. The van der Waals surface area contributed by atoms with E-state index in [2.05, 4.69) is 15.5 Å². The third-order valence-corrected chi connectivity index (χ3v) is 3.47. The number of halogens is 1.